The Morgan fingerprint density at radius 3 is 2.63 bits per heavy atom. The van der Waals surface area contributed by atoms with Crippen LogP contribution in [0.1, 0.15) is 86.1 Å². The summed E-state index contributed by atoms with van der Waals surface area (Å²) < 4.78 is 25.2. The molecule has 54 heavy (non-hydrogen) atoms. The van der Waals surface area contributed by atoms with Crippen LogP contribution in [-0.4, -0.2) is 83.0 Å². The van der Waals surface area contributed by atoms with Gasteiger partial charge in [0.15, 0.2) is 6.29 Å². The van der Waals surface area contributed by atoms with Gasteiger partial charge in [-0.15, -0.1) is 0 Å². The van der Waals surface area contributed by atoms with Gasteiger partial charge in [0.2, 0.25) is 5.76 Å². The summed E-state index contributed by atoms with van der Waals surface area (Å²) in [6.45, 7) is 4.43. The number of aldehydes is 1. The SMILES string of the molecule is CCOC(=O)C1=C(C=O)C2=C3CCC(=O)C(C3)c3cc4cc[nH]c4cc3CCC(CO)COc3c4c(c(CO)c(c32)O1)OC(C(C)(O)C1CCNCC1)C4. The number of aliphatic hydroxyl groups is 3. The van der Waals surface area contributed by atoms with Crippen LogP contribution in [-0.2, 0) is 38.6 Å². The number of nitrogens with one attached hydrogen (secondary N) is 2. The highest BCUT2D eigenvalue weighted by molar-refractivity contribution is 6.11. The zero-order chi connectivity index (χ0) is 37.7. The van der Waals surface area contributed by atoms with Gasteiger partial charge in [0.05, 0.1) is 36.5 Å². The second kappa shape index (κ2) is 14.6. The standard InChI is InChI=1S/C42H48N2O10/c1-3-51-41(49)40-30(19-46)35-25-6-7-33(48)28(15-25)27-14-24-8-13-44-32(24)16-23(27)5-4-22(18-45)21-52-38-29-17-34(42(2,50)26-9-11-43-12-10-26)53-37(29)31(20-47)39(54-40)36(35)38/h8,13-14,16,19,22,26,28,34,43-45,47,50H,3-7,9-12,15,17-18,20-21H2,1-2H3. The predicted octanol–water partition coefficient (Wildman–Crippen LogP) is 4.35. The van der Waals surface area contributed by atoms with Gasteiger partial charge < -0.3 is 44.6 Å². The molecule has 1 aromatic heterocycles. The molecule has 1 saturated heterocycles. The Bertz CT molecular complexity index is 2070. The van der Waals surface area contributed by atoms with Gasteiger partial charge >= 0.3 is 5.97 Å². The van der Waals surface area contributed by atoms with Crippen molar-refractivity contribution < 1.29 is 48.7 Å². The third-order valence-electron chi connectivity index (χ3n) is 12.3. The number of H-pyrrole nitrogens is 1. The van der Waals surface area contributed by atoms with Gasteiger partial charge in [-0.05, 0) is 106 Å². The average Bonchev–Trinajstić information content (AvgIpc) is 3.85. The quantitative estimate of drug-likeness (QED) is 0.172. The van der Waals surface area contributed by atoms with Gasteiger partial charge in [0, 0.05) is 54.1 Å². The van der Waals surface area contributed by atoms with Crippen LogP contribution in [0.15, 0.2) is 41.3 Å². The van der Waals surface area contributed by atoms with Crippen LogP contribution in [0.5, 0.6) is 17.2 Å². The first-order chi connectivity index (χ1) is 26.2. The lowest BCUT2D eigenvalue weighted by Gasteiger charge is -2.39. The van der Waals surface area contributed by atoms with E-state index in [0.717, 1.165) is 53.5 Å². The maximum Gasteiger partial charge on any atom is 0.375 e. The normalized spacial score (nSPS) is 24.1. The minimum Gasteiger partial charge on any atom is -0.492 e. The number of Topliss-reactive ketones (excluding diaryl/α,β-unsaturated/α-hetero) is 1. The lowest BCUT2D eigenvalue weighted by Crippen LogP contribution is -2.51. The van der Waals surface area contributed by atoms with Gasteiger partial charge in [0.25, 0.3) is 0 Å². The van der Waals surface area contributed by atoms with E-state index in [4.69, 9.17) is 18.9 Å². The van der Waals surface area contributed by atoms with Crippen LogP contribution in [0, 0.1) is 11.8 Å². The average molecular weight is 741 g/mol. The summed E-state index contributed by atoms with van der Waals surface area (Å²) in [5.41, 5.74) is 4.02. The lowest BCUT2D eigenvalue weighted by atomic mass is 9.74. The lowest BCUT2D eigenvalue weighted by molar-refractivity contribution is -0.141. The Kier molecular flexibility index (Phi) is 9.89. The highest BCUT2D eigenvalue weighted by Crippen LogP contribution is 2.57. The fourth-order valence-corrected chi connectivity index (χ4v) is 9.27. The molecule has 0 amide bonds. The van der Waals surface area contributed by atoms with Crippen LogP contribution >= 0.6 is 0 Å². The molecule has 1 aliphatic carbocycles. The molecule has 2 fully saturated rings. The summed E-state index contributed by atoms with van der Waals surface area (Å²) in [6.07, 6.45) is 5.51. The summed E-state index contributed by atoms with van der Waals surface area (Å²) in [5, 5.41) is 38.1. The van der Waals surface area contributed by atoms with Crippen molar-refractivity contribution in [2.45, 2.75) is 89.4 Å². The summed E-state index contributed by atoms with van der Waals surface area (Å²) in [7, 11) is 0. The number of hydrogen-bond acceptors (Lipinski definition) is 11. The van der Waals surface area contributed by atoms with E-state index in [1.165, 1.54) is 0 Å². The first-order valence-electron chi connectivity index (χ1n) is 19.2. The van der Waals surface area contributed by atoms with Crippen molar-refractivity contribution in [2.24, 2.45) is 11.8 Å². The van der Waals surface area contributed by atoms with Crippen molar-refractivity contribution >= 4 is 34.5 Å². The van der Waals surface area contributed by atoms with Crippen LogP contribution in [0.3, 0.4) is 0 Å². The van der Waals surface area contributed by atoms with Gasteiger partial charge in [0.1, 0.15) is 34.7 Å². The molecule has 4 atom stereocenters. The molecule has 3 aromatic rings. The van der Waals surface area contributed by atoms with Crippen LogP contribution < -0.4 is 19.5 Å². The maximum atomic E-state index is 13.9. The molecule has 2 aromatic carbocycles. The number of piperidine rings is 1. The van der Waals surface area contributed by atoms with Crippen molar-refractivity contribution in [3.8, 4) is 17.2 Å². The smallest absolute Gasteiger partial charge is 0.375 e. The third-order valence-corrected chi connectivity index (χ3v) is 12.3. The molecule has 8 rings (SSSR count). The van der Waals surface area contributed by atoms with Crippen molar-refractivity contribution in [2.75, 3.05) is 32.9 Å². The first kappa shape index (κ1) is 36.5. The fourth-order valence-electron chi connectivity index (χ4n) is 9.27. The Labute approximate surface area is 313 Å². The molecular formula is C42H48N2O10. The number of rotatable bonds is 7. The molecule has 4 unspecified atom stereocenters. The molecule has 4 aliphatic heterocycles. The Balaban J connectivity index is 1.37. The number of fused-ring (bicyclic) bond motifs is 7. The number of esters is 1. The number of aryl methyl sites for hydroxylation is 1. The highest BCUT2D eigenvalue weighted by atomic mass is 16.6. The molecule has 2 bridgehead atoms. The van der Waals surface area contributed by atoms with E-state index in [2.05, 4.69) is 22.4 Å². The van der Waals surface area contributed by atoms with Crippen molar-refractivity contribution in [1.82, 2.24) is 10.3 Å². The minimum absolute atomic E-state index is 0.0233. The maximum absolute atomic E-state index is 13.9. The minimum atomic E-state index is -1.24. The van der Waals surface area contributed by atoms with Crippen LogP contribution in [0.4, 0.5) is 0 Å². The fraction of sp³-hybridized carbons (Fsp3) is 0.500. The van der Waals surface area contributed by atoms with E-state index >= 15 is 0 Å². The number of carbonyl (C=O) groups is 3. The molecule has 12 nitrogen and oxygen atoms in total. The third kappa shape index (κ3) is 6.13. The van der Waals surface area contributed by atoms with Gasteiger partial charge in [-0.25, -0.2) is 4.79 Å². The van der Waals surface area contributed by atoms with E-state index in [1.54, 1.807) is 13.8 Å². The van der Waals surface area contributed by atoms with Gasteiger partial charge in [-0.1, -0.05) is 5.57 Å². The van der Waals surface area contributed by atoms with E-state index < -0.39 is 30.2 Å². The molecule has 5 heterocycles. The first-order valence-corrected chi connectivity index (χ1v) is 19.2. The Morgan fingerprint density at radius 1 is 1.07 bits per heavy atom. The number of benzene rings is 2. The van der Waals surface area contributed by atoms with Crippen molar-refractivity contribution in [3.63, 3.8) is 0 Å². The second-order valence-corrected chi connectivity index (χ2v) is 15.4. The number of ketones is 1. The number of carbonyl (C=O) groups excluding carboxylic acids is 3. The molecule has 0 radical (unpaired) electrons. The van der Waals surface area contributed by atoms with Crippen LogP contribution in [0.2, 0.25) is 0 Å². The molecule has 0 spiro atoms. The monoisotopic (exact) mass is 740 g/mol. The molecular weight excluding hydrogens is 692 g/mol. The summed E-state index contributed by atoms with van der Waals surface area (Å²) in [4.78, 5) is 44.1. The van der Waals surface area contributed by atoms with E-state index in [0.29, 0.717) is 53.7 Å². The second-order valence-electron chi connectivity index (χ2n) is 15.4. The Morgan fingerprint density at radius 2 is 1.89 bits per heavy atom. The van der Waals surface area contributed by atoms with Crippen molar-refractivity contribution in [1.29, 1.82) is 0 Å². The topological polar surface area (TPSA) is 177 Å². The number of ether oxygens (including phenoxy) is 4. The predicted molar refractivity (Wildman–Crippen MR) is 198 cm³/mol. The van der Waals surface area contributed by atoms with Crippen molar-refractivity contribution in [3.05, 3.63) is 69.1 Å². The number of aliphatic hydroxyl groups excluding tert-OH is 2. The van der Waals surface area contributed by atoms with Crippen LogP contribution in [0.25, 0.3) is 16.5 Å². The van der Waals surface area contributed by atoms with E-state index in [1.807, 2.05) is 12.3 Å². The number of allylic oxidation sites excluding steroid dienone is 3. The summed E-state index contributed by atoms with van der Waals surface area (Å²) in [6, 6.07) is 6.12. The zero-order valence-corrected chi connectivity index (χ0v) is 30.8. The summed E-state index contributed by atoms with van der Waals surface area (Å²) >= 11 is 0. The van der Waals surface area contributed by atoms with E-state index in [9.17, 15) is 29.7 Å². The number of aromatic nitrogens is 1. The Hall–Kier alpha value is -4.49. The molecule has 1 saturated carbocycles. The molecule has 5 aliphatic rings. The molecule has 286 valence electrons. The zero-order valence-electron chi connectivity index (χ0n) is 30.8. The van der Waals surface area contributed by atoms with Gasteiger partial charge in [-0.2, -0.15) is 0 Å². The number of aromatic amines is 1. The number of hydrogen-bond donors (Lipinski definition) is 5. The highest BCUT2D eigenvalue weighted by Gasteiger charge is 2.49. The van der Waals surface area contributed by atoms with Gasteiger partial charge in [-0.3, -0.25) is 9.59 Å². The molecule has 5 N–H and O–H groups in total. The van der Waals surface area contributed by atoms with E-state index in [-0.39, 0.29) is 79.3 Å². The molecule has 12 heteroatoms. The summed E-state index contributed by atoms with van der Waals surface area (Å²) in [5.74, 6) is -1.22. The largest absolute Gasteiger partial charge is 0.492 e.